The molecule has 0 spiro atoms. The summed E-state index contributed by atoms with van der Waals surface area (Å²) in [6.45, 7) is 0. The number of nitrogens with one attached hydrogen (secondary N) is 1. The van der Waals surface area contributed by atoms with Crippen LogP contribution in [0.1, 0.15) is 31.2 Å². The average Bonchev–Trinajstić information content (AvgIpc) is 2.44. The molecule has 1 aromatic rings. The highest BCUT2D eigenvalue weighted by Gasteiger charge is 2.47. The maximum Gasteiger partial charge on any atom is 0.392 e. The van der Waals surface area contributed by atoms with Crippen LogP contribution in [0.2, 0.25) is 0 Å². The molecule has 0 saturated heterocycles. The van der Waals surface area contributed by atoms with Crippen molar-refractivity contribution in [3.63, 3.8) is 0 Å². The lowest BCUT2D eigenvalue weighted by Gasteiger charge is -2.38. The predicted molar refractivity (Wildman–Crippen MR) is 72.7 cm³/mol. The van der Waals surface area contributed by atoms with E-state index in [4.69, 9.17) is 5.84 Å². The molecule has 1 fully saturated rings. The number of hydrogen-bond donors (Lipinski definition) is 2. The van der Waals surface area contributed by atoms with Gasteiger partial charge in [-0.25, -0.2) is 4.39 Å². The summed E-state index contributed by atoms with van der Waals surface area (Å²) < 4.78 is 52.7. The molecule has 3 unspecified atom stereocenters. The van der Waals surface area contributed by atoms with Gasteiger partial charge in [-0.05, 0) is 42.9 Å². The lowest BCUT2D eigenvalue weighted by molar-refractivity contribution is -0.199. The smallest absolute Gasteiger partial charge is 0.271 e. The fourth-order valence-electron chi connectivity index (χ4n) is 3.30. The largest absolute Gasteiger partial charge is 0.392 e. The lowest BCUT2D eigenvalue weighted by Crippen LogP contribution is -2.49. The molecule has 0 radical (unpaired) electrons. The summed E-state index contributed by atoms with van der Waals surface area (Å²) in [6.07, 6.45) is -1.89. The van der Waals surface area contributed by atoms with E-state index in [1.54, 1.807) is 12.1 Å². The van der Waals surface area contributed by atoms with E-state index >= 15 is 0 Å². The van der Waals surface area contributed by atoms with Crippen LogP contribution in [0.3, 0.4) is 0 Å². The van der Waals surface area contributed by atoms with Crippen LogP contribution in [0, 0.1) is 17.7 Å². The summed E-state index contributed by atoms with van der Waals surface area (Å²) in [5.41, 5.74) is 3.18. The molecule has 0 amide bonds. The molecular formula is C15H20F4N2. The Hall–Kier alpha value is -1.14. The minimum absolute atomic E-state index is 0.148. The molecule has 0 heterocycles. The number of nitrogens with two attached hydrogens (primary N) is 1. The van der Waals surface area contributed by atoms with Crippen LogP contribution in [-0.4, -0.2) is 12.2 Å². The first-order valence-electron chi connectivity index (χ1n) is 7.19. The topological polar surface area (TPSA) is 38.0 Å². The minimum atomic E-state index is -4.21. The minimum Gasteiger partial charge on any atom is -0.271 e. The second-order valence-electron chi connectivity index (χ2n) is 5.70. The standard InChI is InChI=1S/C15H20F4N2/c16-11-5-3-4-10(8-11)9-14(21-20)12-6-1-2-7-13(12)15(17,18)19/h3-5,8,12-14,21H,1-2,6-7,9,20H2. The Bertz CT molecular complexity index is 461. The highest BCUT2D eigenvalue weighted by Crippen LogP contribution is 2.43. The molecular weight excluding hydrogens is 284 g/mol. The van der Waals surface area contributed by atoms with Crippen molar-refractivity contribution < 1.29 is 17.6 Å². The van der Waals surface area contributed by atoms with E-state index in [1.807, 2.05) is 0 Å². The highest BCUT2D eigenvalue weighted by molar-refractivity contribution is 5.17. The van der Waals surface area contributed by atoms with Gasteiger partial charge in [0, 0.05) is 6.04 Å². The zero-order valence-corrected chi connectivity index (χ0v) is 11.7. The fourth-order valence-corrected chi connectivity index (χ4v) is 3.30. The highest BCUT2D eigenvalue weighted by atomic mass is 19.4. The summed E-state index contributed by atoms with van der Waals surface area (Å²) in [7, 11) is 0. The van der Waals surface area contributed by atoms with Crippen molar-refractivity contribution in [2.75, 3.05) is 0 Å². The van der Waals surface area contributed by atoms with Crippen LogP contribution < -0.4 is 11.3 Å². The second kappa shape index (κ2) is 6.75. The molecule has 2 nitrogen and oxygen atoms in total. The van der Waals surface area contributed by atoms with Crippen molar-refractivity contribution in [2.24, 2.45) is 17.7 Å². The van der Waals surface area contributed by atoms with Gasteiger partial charge >= 0.3 is 6.18 Å². The quantitative estimate of drug-likeness (QED) is 0.507. The van der Waals surface area contributed by atoms with Gasteiger partial charge in [0.1, 0.15) is 5.82 Å². The van der Waals surface area contributed by atoms with Crippen molar-refractivity contribution in [1.82, 2.24) is 5.43 Å². The van der Waals surface area contributed by atoms with Gasteiger partial charge in [0.2, 0.25) is 0 Å². The lowest BCUT2D eigenvalue weighted by atomic mass is 9.73. The van der Waals surface area contributed by atoms with Crippen LogP contribution in [-0.2, 0) is 6.42 Å². The predicted octanol–water partition coefficient (Wildman–Crippen LogP) is 3.57. The molecule has 1 saturated carbocycles. The van der Waals surface area contributed by atoms with Crippen LogP contribution in [0.5, 0.6) is 0 Å². The zero-order valence-electron chi connectivity index (χ0n) is 11.7. The number of alkyl halides is 3. The average molecular weight is 304 g/mol. The molecule has 1 aliphatic carbocycles. The molecule has 1 aliphatic rings. The molecule has 3 atom stereocenters. The van der Waals surface area contributed by atoms with Gasteiger partial charge in [-0.3, -0.25) is 11.3 Å². The Kier molecular flexibility index (Phi) is 5.22. The Morgan fingerprint density at radius 2 is 1.95 bits per heavy atom. The van der Waals surface area contributed by atoms with E-state index in [0.29, 0.717) is 24.8 Å². The Balaban J connectivity index is 2.14. The monoisotopic (exact) mass is 304 g/mol. The van der Waals surface area contributed by atoms with Gasteiger partial charge in [-0.1, -0.05) is 25.0 Å². The van der Waals surface area contributed by atoms with Crippen molar-refractivity contribution in [3.8, 4) is 0 Å². The van der Waals surface area contributed by atoms with E-state index in [0.717, 1.165) is 6.42 Å². The number of halogens is 4. The third kappa shape index (κ3) is 4.17. The van der Waals surface area contributed by atoms with Crippen LogP contribution >= 0.6 is 0 Å². The molecule has 1 aromatic carbocycles. The summed E-state index contributed by atoms with van der Waals surface area (Å²) >= 11 is 0. The maximum absolute atomic E-state index is 13.2. The summed E-state index contributed by atoms with van der Waals surface area (Å²) in [5, 5.41) is 0. The van der Waals surface area contributed by atoms with Gasteiger partial charge in [0.25, 0.3) is 0 Å². The maximum atomic E-state index is 13.2. The van der Waals surface area contributed by atoms with E-state index in [2.05, 4.69) is 5.43 Å². The second-order valence-corrected chi connectivity index (χ2v) is 5.70. The zero-order chi connectivity index (χ0) is 15.5. The van der Waals surface area contributed by atoms with Crippen molar-refractivity contribution in [2.45, 2.75) is 44.3 Å². The van der Waals surface area contributed by atoms with E-state index in [-0.39, 0.29) is 12.2 Å². The molecule has 6 heteroatoms. The van der Waals surface area contributed by atoms with E-state index in [1.165, 1.54) is 12.1 Å². The number of benzene rings is 1. The fraction of sp³-hybridized carbons (Fsp3) is 0.600. The summed E-state index contributed by atoms with van der Waals surface area (Å²) in [6, 6.07) is 5.42. The Morgan fingerprint density at radius 3 is 2.57 bits per heavy atom. The molecule has 0 bridgehead atoms. The number of hydrazine groups is 1. The molecule has 2 rings (SSSR count). The molecule has 0 aromatic heterocycles. The summed E-state index contributed by atoms with van der Waals surface area (Å²) in [4.78, 5) is 0. The third-order valence-corrected chi connectivity index (χ3v) is 4.32. The van der Waals surface area contributed by atoms with Gasteiger partial charge in [-0.15, -0.1) is 0 Å². The first-order chi connectivity index (χ1) is 9.91. The Labute approximate surface area is 121 Å². The molecule has 3 N–H and O–H groups in total. The van der Waals surface area contributed by atoms with Gasteiger partial charge in [-0.2, -0.15) is 13.2 Å². The Morgan fingerprint density at radius 1 is 1.24 bits per heavy atom. The number of hydrogen-bond acceptors (Lipinski definition) is 2. The van der Waals surface area contributed by atoms with Crippen molar-refractivity contribution in [3.05, 3.63) is 35.6 Å². The normalized spacial score (nSPS) is 24.8. The third-order valence-electron chi connectivity index (χ3n) is 4.32. The van der Waals surface area contributed by atoms with Crippen LogP contribution in [0.25, 0.3) is 0 Å². The first kappa shape index (κ1) is 16.2. The molecule has 0 aliphatic heterocycles. The van der Waals surface area contributed by atoms with E-state index < -0.39 is 24.1 Å². The first-order valence-corrected chi connectivity index (χ1v) is 7.19. The van der Waals surface area contributed by atoms with Crippen molar-refractivity contribution in [1.29, 1.82) is 0 Å². The van der Waals surface area contributed by atoms with Gasteiger partial charge in [0.15, 0.2) is 0 Å². The summed E-state index contributed by atoms with van der Waals surface area (Å²) in [5.74, 6) is 3.20. The van der Waals surface area contributed by atoms with E-state index in [9.17, 15) is 17.6 Å². The number of rotatable bonds is 4. The van der Waals surface area contributed by atoms with Crippen LogP contribution in [0.15, 0.2) is 24.3 Å². The van der Waals surface area contributed by atoms with Gasteiger partial charge < -0.3 is 0 Å². The van der Waals surface area contributed by atoms with Crippen LogP contribution in [0.4, 0.5) is 17.6 Å². The van der Waals surface area contributed by atoms with Gasteiger partial charge in [0.05, 0.1) is 5.92 Å². The molecule has 118 valence electrons. The molecule has 21 heavy (non-hydrogen) atoms. The van der Waals surface area contributed by atoms with Crippen molar-refractivity contribution >= 4 is 0 Å². The SMILES string of the molecule is NNC(Cc1cccc(F)c1)C1CCCCC1C(F)(F)F.